The Morgan fingerprint density at radius 3 is 3.00 bits per heavy atom. The Labute approximate surface area is 120 Å². The highest BCUT2D eigenvalue weighted by atomic mass is 32.1. The summed E-state index contributed by atoms with van der Waals surface area (Å²) in [5.74, 6) is -0.331. The number of carbonyl (C=O) groups is 2. The molecular weight excluding hydrogens is 272 g/mol. The van der Waals surface area contributed by atoms with E-state index in [1.807, 2.05) is 24.5 Å². The molecule has 3 rings (SSSR count). The number of aliphatic imine (C=N–C) groups is 1. The summed E-state index contributed by atoms with van der Waals surface area (Å²) in [6, 6.07) is 1.74. The molecule has 0 bridgehead atoms. The Morgan fingerprint density at radius 2 is 2.25 bits per heavy atom. The normalized spacial score (nSPS) is 22.9. The van der Waals surface area contributed by atoms with Crippen molar-refractivity contribution < 1.29 is 9.59 Å². The van der Waals surface area contributed by atoms with Gasteiger partial charge in [-0.3, -0.25) is 9.59 Å². The first-order chi connectivity index (χ1) is 9.63. The second-order valence-electron chi connectivity index (χ2n) is 4.67. The molecule has 0 saturated heterocycles. The van der Waals surface area contributed by atoms with Gasteiger partial charge in [0.15, 0.2) is 0 Å². The molecule has 5 heteroatoms. The second-order valence-corrected chi connectivity index (χ2v) is 5.45. The molecule has 4 nitrogen and oxygen atoms in total. The molecule has 0 spiro atoms. The van der Waals surface area contributed by atoms with E-state index in [0.29, 0.717) is 11.3 Å². The fraction of sp³-hybridized carbons (Fsp3) is 0.133. The number of nitrogens with zero attached hydrogens (tertiary/aromatic N) is 1. The van der Waals surface area contributed by atoms with Crippen molar-refractivity contribution in [1.82, 2.24) is 5.32 Å². The van der Waals surface area contributed by atoms with Gasteiger partial charge in [0.25, 0.3) is 5.91 Å². The third-order valence-electron chi connectivity index (χ3n) is 3.21. The summed E-state index contributed by atoms with van der Waals surface area (Å²) < 4.78 is 0. The quantitative estimate of drug-likeness (QED) is 0.861. The van der Waals surface area contributed by atoms with Crippen LogP contribution in [0.1, 0.15) is 17.3 Å². The first kappa shape index (κ1) is 12.7. The van der Waals surface area contributed by atoms with E-state index in [-0.39, 0.29) is 17.7 Å². The first-order valence-corrected chi connectivity index (χ1v) is 7.12. The minimum Gasteiger partial charge on any atom is -0.325 e. The number of rotatable bonds is 1. The van der Waals surface area contributed by atoms with E-state index in [1.54, 1.807) is 23.6 Å². The lowest BCUT2D eigenvalue weighted by Gasteiger charge is -2.25. The van der Waals surface area contributed by atoms with Crippen LogP contribution in [0.4, 0.5) is 0 Å². The molecule has 0 saturated carbocycles. The summed E-state index contributed by atoms with van der Waals surface area (Å²) in [7, 11) is 0. The van der Waals surface area contributed by atoms with Crippen LogP contribution < -0.4 is 5.32 Å². The van der Waals surface area contributed by atoms with Gasteiger partial charge in [-0.05, 0) is 30.5 Å². The van der Waals surface area contributed by atoms with E-state index in [9.17, 15) is 9.59 Å². The van der Waals surface area contributed by atoms with Gasteiger partial charge < -0.3 is 5.32 Å². The Bertz CT molecular complexity index is 693. The fourth-order valence-corrected chi connectivity index (χ4v) is 2.85. The van der Waals surface area contributed by atoms with Gasteiger partial charge in [-0.2, -0.15) is 11.3 Å². The van der Waals surface area contributed by atoms with Crippen LogP contribution in [0.15, 0.2) is 57.4 Å². The van der Waals surface area contributed by atoms with Gasteiger partial charge in [-0.1, -0.05) is 11.6 Å². The number of carbonyl (C=O) groups excluding carboxylic acids is 2. The minimum absolute atomic E-state index is 0.0721. The third-order valence-corrected chi connectivity index (χ3v) is 3.90. The number of fused-ring (bicyclic) bond motifs is 1. The van der Waals surface area contributed by atoms with Crippen molar-refractivity contribution in [3.05, 3.63) is 58.0 Å². The van der Waals surface area contributed by atoms with Gasteiger partial charge in [-0.25, -0.2) is 4.99 Å². The number of amides is 2. The highest BCUT2D eigenvalue weighted by Crippen LogP contribution is 2.26. The van der Waals surface area contributed by atoms with Crippen molar-refractivity contribution in [2.24, 2.45) is 10.9 Å². The molecule has 1 aromatic heterocycles. The van der Waals surface area contributed by atoms with E-state index >= 15 is 0 Å². The molecule has 2 aliphatic rings. The monoisotopic (exact) mass is 284 g/mol. The van der Waals surface area contributed by atoms with Crippen LogP contribution in [0.25, 0.3) is 0 Å². The average Bonchev–Trinajstić information content (AvgIpc) is 2.91. The largest absolute Gasteiger partial charge is 0.325 e. The fourth-order valence-electron chi connectivity index (χ4n) is 2.22. The number of hydrogen-bond donors (Lipinski definition) is 1. The first-order valence-electron chi connectivity index (χ1n) is 6.17. The number of thiophene rings is 1. The third kappa shape index (κ3) is 2.40. The highest BCUT2D eigenvalue weighted by Gasteiger charge is 2.23. The van der Waals surface area contributed by atoms with E-state index in [0.717, 1.165) is 11.3 Å². The summed E-state index contributed by atoms with van der Waals surface area (Å²) in [4.78, 5) is 27.5. The molecule has 0 aromatic carbocycles. The van der Waals surface area contributed by atoms with E-state index < -0.39 is 0 Å². The Morgan fingerprint density at radius 1 is 1.40 bits per heavy atom. The lowest BCUT2D eigenvalue weighted by molar-refractivity contribution is -0.116. The van der Waals surface area contributed by atoms with Gasteiger partial charge in [0.1, 0.15) is 0 Å². The maximum atomic E-state index is 11.9. The van der Waals surface area contributed by atoms with Crippen LogP contribution in [0.3, 0.4) is 0 Å². The zero-order valence-corrected chi connectivity index (χ0v) is 11.6. The van der Waals surface area contributed by atoms with Crippen LogP contribution in [-0.2, 0) is 4.79 Å². The highest BCUT2D eigenvalue weighted by molar-refractivity contribution is 7.08. The van der Waals surface area contributed by atoms with Crippen LogP contribution in [0.2, 0.25) is 0 Å². The standard InChI is InChI=1S/C15H12N2O2S/c1-9-6-14(18)17-13-7-11(2-3-12(9)13)16-15(19)10-4-5-20-8-10/h2-8,12H,1H3,(H,17,18). The van der Waals surface area contributed by atoms with E-state index in [4.69, 9.17) is 0 Å². The Balaban J connectivity index is 1.88. The predicted octanol–water partition coefficient (Wildman–Crippen LogP) is 2.48. The van der Waals surface area contributed by atoms with Crippen LogP contribution in [-0.4, -0.2) is 17.5 Å². The molecule has 1 aliphatic carbocycles. The Hall–Kier alpha value is -2.27. The summed E-state index contributed by atoms with van der Waals surface area (Å²) in [5.41, 5.74) is 2.90. The average molecular weight is 284 g/mol. The van der Waals surface area contributed by atoms with E-state index in [2.05, 4.69) is 10.3 Å². The molecule has 1 N–H and O–H groups in total. The van der Waals surface area contributed by atoms with Gasteiger partial charge in [0, 0.05) is 23.1 Å². The molecular formula is C15H12N2O2S. The molecule has 1 aliphatic heterocycles. The molecule has 100 valence electrons. The predicted molar refractivity (Wildman–Crippen MR) is 78.7 cm³/mol. The smallest absolute Gasteiger partial charge is 0.278 e. The SMILES string of the molecule is CC1=CC(=O)NC2=CC(=NC(=O)c3ccsc3)C=CC12. The maximum absolute atomic E-state index is 11.9. The molecule has 2 amide bonds. The summed E-state index contributed by atoms with van der Waals surface area (Å²) in [5, 5.41) is 6.40. The van der Waals surface area contributed by atoms with Crippen molar-refractivity contribution in [2.75, 3.05) is 0 Å². The summed E-state index contributed by atoms with van der Waals surface area (Å²) >= 11 is 1.46. The van der Waals surface area contributed by atoms with E-state index in [1.165, 1.54) is 11.3 Å². The molecule has 20 heavy (non-hydrogen) atoms. The number of allylic oxidation sites excluding steroid dienone is 3. The summed E-state index contributed by atoms with van der Waals surface area (Å²) in [6.07, 6.45) is 7.10. The Kier molecular flexibility index (Phi) is 3.20. The second kappa shape index (κ2) is 5.02. The summed E-state index contributed by atoms with van der Waals surface area (Å²) in [6.45, 7) is 1.92. The molecule has 0 radical (unpaired) electrons. The van der Waals surface area contributed by atoms with Gasteiger partial charge in [-0.15, -0.1) is 0 Å². The molecule has 1 aromatic rings. The molecule has 0 fully saturated rings. The molecule has 1 unspecified atom stereocenters. The number of hydrogen-bond acceptors (Lipinski definition) is 3. The zero-order chi connectivity index (χ0) is 14.1. The van der Waals surface area contributed by atoms with Gasteiger partial charge in [0.05, 0.1) is 11.3 Å². The van der Waals surface area contributed by atoms with Gasteiger partial charge in [0.2, 0.25) is 5.91 Å². The lowest BCUT2D eigenvalue weighted by Crippen LogP contribution is -2.32. The zero-order valence-electron chi connectivity index (χ0n) is 10.8. The van der Waals surface area contributed by atoms with Crippen molar-refractivity contribution in [2.45, 2.75) is 6.92 Å². The molecule has 1 atom stereocenters. The van der Waals surface area contributed by atoms with Crippen LogP contribution in [0.5, 0.6) is 0 Å². The van der Waals surface area contributed by atoms with Gasteiger partial charge >= 0.3 is 0 Å². The van der Waals surface area contributed by atoms with Crippen molar-refractivity contribution >= 4 is 28.9 Å². The topological polar surface area (TPSA) is 58.5 Å². The number of nitrogens with one attached hydrogen (secondary N) is 1. The van der Waals surface area contributed by atoms with Crippen LogP contribution in [0, 0.1) is 5.92 Å². The molecule has 2 heterocycles. The lowest BCUT2D eigenvalue weighted by atomic mass is 9.89. The van der Waals surface area contributed by atoms with Crippen molar-refractivity contribution in [3.8, 4) is 0 Å². The maximum Gasteiger partial charge on any atom is 0.278 e. The van der Waals surface area contributed by atoms with Crippen molar-refractivity contribution in [3.63, 3.8) is 0 Å². The van der Waals surface area contributed by atoms with Crippen molar-refractivity contribution in [1.29, 1.82) is 0 Å². The van der Waals surface area contributed by atoms with Crippen LogP contribution >= 0.6 is 11.3 Å². The minimum atomic E-state index is -0.268.